The van der Waals surface area contributed by atoms with Gasteiger partial charge in [-0.15, -0.1) is 0 Å². The quantitative estimate of drug-likeness (QED) is 0.630. The monoisotopic (exact) mass is 334 g/mol. The average Bonchev–Trinajstić information content (AvgIpc) is 2.97. The Morgan fingerprint density at radius 2 is 1.65 bits per heavy atom. The van der Waals surface area contributed by atoms with Gasteiger partial charge in [-0.05, 0) is 24.4 Å². The lowest BCUT2D eigenvalue weighted by Gasteiger charge is -2.13. The smallest absolute Gasteiger partial charge is 0.277 e. The van der Waals surface area contributed by atoms with Crippen LogP contribution < -0.4 is 19.8 Å². The first-order valence-electron chi connectivity index (χ1n) is 6.60. The molecular formula is C14H14N4O4S. The van der Waals surface area contributed by atoms with Crippen molar-refractivity contribution in [1.29, 1.82) is 0 Å². The summed E-state index contributed by atoms with van der Waals surface area (Å²) in [7, 11) is 4.59. The molecule has 0 bridgehead atoms. The zero-order valence-corrected chi connectivity index (χ0v) is 13.5. The van der Waals surface area contributed by atoms with Crippen LogP contribution >= 0.6 is 12.2 Å². The Labute approximate surface area is 135 Å². The van der Waals surface area contributed by atoms with E-state index in [4.69, 9.17) is 26.4 Å². The molecule has 0 radical (unpaired) electrons. The summed E-state index contributed by atoms with van der Waals surface area (Å²) in [5.74, 6) is 1.93. The zero-order valence-electron chi connectivity index (χ0n) is 12.6. The number of benzene rings is 1. The number of aromatic amines is 3. The second-order valence-corrected chi connectivity index (χ2v) is 5.04. The Kier molecular flexibility index (Phi) is 3.78. The van der Waals surface area contributed by atoms with Crippen LogP contribution in [0.3, 0.4) is 0 Å². The van der Waals surface area contributed by atoms with Crippen molar-refractivity contribution < 1.29 is 14.2 Å². The third-order valence-corrected chi connectivity index (χ3v) is 3.53. The number of rotatable bonds is 4. The maximum atomic E-state index is 11.9. The van der Waals surface area contributed by atoms with Gasteiger partial charge in [-0.2, -0.15) is 0 Å². The van der Waals surface area contributed by atoms with Crippen molar-refractivity contribution in [2.45, 2.75) is 0 Å². The summed E-state index contributed by atoms with van der Waals surface area (Å²) < 4.78 is 16.1. The summed E-state index contributed by atoms with van der Waals surface area (Å²) in [6.07, 6.45) is 0. The number of ether oxygens (including phenoxy) is 3. The Morgan fingerprint density at radius 1 is 1.00 bits per heavy atom. The molecule has 3 N–H and O–H groups in total. The summed E-state index contributed by atoms with van der Waals surface area (Å²) in [5.41, 5.74) is 1.02. The molecule has 0 fully saturated rings. The van der Waals surface area contributed by atoms with Crippen LogP contribution in [-0.2, 0) is 0 Å². The highest BCUT2D eigenvalue weighted by atomic mass is 32.1. The lowest BCUT2D eigenvalue weighted by molar-refractivity contribution is 0.324. The van der Waals surface area contributed by atoms with Crippen LogP contribution in [0.4, 0.5) is 0 Å². The first-order valence-corrected chi connectivity index (χ1v) is 7.01. The minimum atomic E-state index is -0.338. The Hall–Kier alpha value is -2.81. The summed E-state index contributed by atoms with van der Waals surface area (Å²) >= 11 is 4.94. The summed E-state index contributed by atoms with van der Waals surface area (Å²) in [6.45, 7) is 0. The third-order valence-electron chi connectivity index (χ3n) is 3.33. The normalized spacial score (nSPS) is 10.7. The molecule has 0 saturated heterocycles. The first-order chi connectivity index (χ1) is 11.1. The number of aromatic nitrogens is 4. The first kappa shape index (κ1) is 15.1. The van der Waals surface area contributed by atoms with Gasteiger partial charge in [-0.3, -0.25) is 9.78 Å². The van der Waals surface area contributed by atoms with Crippen molar-refractivity contribution in [2.24, 2.45) is 0 Å². The molecule has 0 saturated carbocycles. The number of imidazole rings is 1. The van der Waals surface area contributed by atoms with E-state index in [9.17, 15) is 4.79 Å². The Bertz CT molecular complexity index is 963. The minimum absolute atomic E-state index is 0.213. The van der Waals surface area contributed by atoms with Crippen molar-refractivity contribution in [3.8, 4) is 28.6 Å². The lowest BCUT2D eigenvalue weighted by Crippen LogP contribution is -2.07. The molecule has 0 atom stereocenters. The largest absolute Gasteiger partial charge is 0.493 e. The van der Waals surface area contributed by atoms with E-state index in [1.807, 2.05) is 0 Å². The molecular weight excluding hydrogens is 320 g/mol. The molecule has 23 heavy (non-hydrogen) atoms. The minimum Gasteiger partial charge on any atom is -0.493 e. The highest BCUT2D eigenvalue weighted by molar-refractivity contribution is 7.71. The predicted octanol–water partition coefficient (Wildman–Crippen LogP) is 2.00. The van der Waals surface area contributed by atoms with Crippen LogP contribution in [0.1, 0.15) is 0 Å². The SMILES string of the molecule is COc1cc(-c2nc3[nH]c(=S)[nH]c(=O)c3[nH]2)cc(OC)c1OC. The number of hydrogen-bond acceptors (Lipinski definition) is 6. The molecule has 2 aromatic heterocycles. The molecule has 0 aliphatic heterocycles. The standard InChI is InChI=1S/C14H14N4O4S/c1-20-7-4-6(5-8(21-2)10(7)22-3)11-15-9-12(16-11)17-14(23)18-13(9)19/h4-5H,1-3H3,(H3,15,16,17,18,19,23). The van der Waals surface area contributed by atoms with Crippen molar-refractivity contribution in [2.75, 3.05) is 21.3 Å². The highest BCUT2D eigenvalue weighted by Gasteiger charge is 2.16. The fourth-order valence-corrected chi connectivity index (χ4v) is 2.48. The van der Waals surface area contributed by atoms with Gasteiger partial charge in [-0.1, -0.05) is 0 Å². The van der Waals surface area contributed by atoms with Crippen LogP contribution in [-0.4, -0.2) is 41.3 Å². The van der Waals surface area contributed by atoms with Gasteiger partial charge >= 0.3 is 0 Å². The van der Waals surface area contributed by atoms with Crippen LogP contribution in [0.5, 0.6) is 17.2 Å². The van der Waals surface area contributed by atoms with E-state index in [1.165, 1.54) is 21.3 Å². The van der Waals surface area contributed by atoms with E-state index in [0.717, 1.165) is 0 Å². The number of H-pyrrole nitrogens is 3. The van der Waals surface area contributed by atoms with Crippen molar-refractivity contribution in [3.63, 3.8) is 0 Å². The van der Waals surface area contributed by atoms with Crippen molar-refractivity contribution in [3.05, 3.63) is 27.3 Å². The van der Waals surface area contributed by atoms with Crippen LogP contribution in [0.15, 0.2) is 16.9 Å². The molecule has 0 unspecified atom stereocenters. The average molecular weight is 334 g/mol. The number of nitrogens with zero attached hydrogens (tertiary/aromatic N) is 1. The van der Waals surface area contributed by atoms with Gasteiger partial charge in [0.1, 0.15) is 11.3 Å². The van der Waals surface area contributed by atoms with E-state index in [2.05, 4.69) is 19.9 Å². The van der Waals surface area contributed by atoms with E-state index < -0.39 is 0 Å². The van der Waals surface area contributed by atoms with Gasteiger partial charge < -0.3 is 24.2 Å². The fraction of sp³-hybridized carbons (Fsp3) is 0.214. The zero-order chi connectivity index (χ0) is 16.6. The lowest BCUT2D eigenvalue weighted by atomic mass is 10.1. The number of fused-ring (bicyclic) bond motifs is 1. The Morgan fingerprint density at radius 3 is 2.22 bits per heavy atom. The summed E-state index contributed by atoms with van der Waals surface area (Å²) in [5, 5.41) is 0. The van der Waals surface area contributed by atoms with E-state index in [-0.39, 0.29) is 10.3 Å². The second kappa shape index (κ2) is 5.76. The van der Waals surface area contributed by atoms with Crippen LogP contribution in [0.25, 0.3) is 22.6 Å². The van der Waals surface area contributed by atoms with Crippen LogP contribution in [0, 0.1) is 4.77 Å². The molecule has 3 aromatic rings. The topological polar surface area (TPSA) is 105 Å². The number of methoxy groups -OCH3 is 3. The van der Waals surface area contributed by atoms with Gasteiger partial charge in [0.2, 0.25) is 5.75 Å². The number of hydrogen-bond donors (Lipinski definition) is 3. The summed E-state index contributed by atoms with van der Waals surface area (Å²) in [4.78, 5) is 24.6. The molecule has 0 aliphatic carbocycles. The molecule has 120 valence electrons. The second-order valence-electron chi connectivity index (χ2n) is 4.63. The van der Waals surface area contributed by atoms with E-state index in [1.54, 1.807) is 12.1 Å². The number of nitrogens with one attached hydrogen (secondary N) is 3. The maximum Gasteiger partial charge on any atom is 0.277 e. The van der Waals surface area contributed by atoms with Gasteiger partial charge in [0.15, 0.2) is 21.9 Å². The van der Waals surface area contributed by atoms with Gasteiger partial charge in [0.25, 0.3) is 5.56 Å². The van der Waals surface area contributed by atoms with Gasteiger partial charge in [0, 0.05) is 5.56 Å². The molecule has 3 rings (SSSR count). The van der Waals surface area contributed by atoms with Gasteiger partial charge in [-0.25, -0.2) is 4.98 Å². The Balaban J connectivity index is 2.24. The summed E-state index contributed by atoms with van der Waals surface area (Å²) in [6, 6.07) is 3.48. The molecule has 0 spiro atoms. The molecule has 8 nitrogen and oxygen atoms in total. The predicted molar refractivity (Wildman–Crippen MR) is 87.0 cm³/mol. The molecule has 2 heterocycles. The molecule has 9 heteroatoms. The molecule has 0 amide bonds. The van der Waals surface area contributed by atoms with Crippen molar-refractivity contribution >= 4 is 23.4 Å². The molecule has 0 aliphatic rings. The molecule has 1 aromatic carbocycles. The van der Waals surface area contributed by atoms with Crippen LogP contribution in [0.2, 0.25) is 0 Å². The van der Waals surface area contributed by atoms with Gasteiger partial charge in [0.05, 0.1) is 21.3 Å². The maximum absolute atomic E-state index is 11.9. The third kappa shape index (κ3) is 2.55. The van der Waals surface area contributed by atoms with E-state index >= 15 is 0 Å². The fourth-order valence-electron chi connectivity index (χ4n) is 2.29. The highest BCUT2D eigenvalue weighted by Crippen LogP contribution is 2.40. The van der Waals surface area contributed by atoms with E-state index in [0.29, 0.717) is 39.8 Å². The van der Waals surface area contributed by atoms with Crippen molar-refractivity contribution in [1.82, 2.24) is 19.9 Å².